The van der Waals surface area contributed by atoms with E-state index >= 15 is 0 Å². The second kappa shape index (κ2) is 6.70. The van der Waals surface area contributed by atoms with Crippen molar-refractivity contribution in [3.05, 3.63) is 75.5 Å². The van der Waals surface area contributed by atoms with E-state index in [1.807, 2.05) is 18.3 Å². The summed E-state index contributed by atoms with van der Waals surface area (Å²) in [5.41, 5.74) is 1.87. The van der Waals surface area contributed by atoms with Crippen LogP contribution in [0.5, 0.6) is 0 Å². The molecule has 27 heavy (non-hydrogen) atoms. The summed E-state index contributed by atoms with van der Waals surface area (Å²) in [6.07, 6.45) is -1.91. The fraction of sp³-hybridized carbons (Fsp3) is 0.263. The number of aromatic nitrogens is 3. The molecule has 2 aromatic heterocycles. The second-order valence-corrected chi connectivity index (χ2v) is 6.57. The summed E-state index contributed by atoms with van der Waals surface area (Å²) in [5.74, 6) is 0.297. The Hall–Kier alpha value is -2.87. The van der Waals surface area contributed by atoms with Crippen LogP contribution in [0.3, 0.4) is 0 Å². The summed E-state index contributed by atoms with van der Waals surface area (Å²) in [6.45, 7) is 1.96. The van der Waals surface area contributed by atoms with Crippen LogP contribution in [0.15, 0.2) is 47.4 Å². The van der Waals surface area contributed by atoms with Gasteiger partial charge in [-0.25, -0.2) is 4.98 Å². The number of H-pyrrole nitrogens is 2. The normalized spacial score (nSPS) is 14.9. The molecule has 1 aliphatic rings. The molecule has 0 saturated carbocycles. The molecule has 0 fully saturated rings. The molecule has 3 aromatic rings. The number of aromatic amines is 2. The molecule has 3 heterocycles. The van der Waals surface area contributed by atoms with Crippen molar-refractivity contribution >= 4 is 0 Å². The highest BCUT2D eigenvalue weighted by molar-refractivity contribution is 5.56. The molecule has 4 rings (SSSR count). The lowest BCUT2D eigenvalue weighted by Crippen LogP contribution is -2.35. The summed E-state index contributed by atoms with van der Waals surface area (Å²) in [4.78, 5) is 25.0. The molecule has 5 nitrogen and oxygen atoms in total. The summed E-state index contributed by atoms with van der Waals surface area (Å²) in [5, 5.41) is 0. The van der Waals surface area contributed by atoms with E-state index in [0.717, 1.165) is 24.4 Å². The van der Waals surface area contributed by atoms with Gasteiger partial charge in [0.15, 0.2) is 0 Å². The quantitative estimate of drug-likeness (QED) is 0.739. The Kier molecular flexibility index (Phi) is 4.35. The highest BCUT2D eigenvalue weighted by Gasteiger charge is 2.30. The zero-order valence-corrected chi connectivity index (χ0v) is 14.3. The van der Waals surface area contributed by atoms with Gasteiger partial charge in [0.25, 0.3) is 5.56 Å². The SMILES string of the molecule is O=c1[nH]c(-c2ccc(C(F)(F)F)cc2)nc2c1CN(Cc1ccc[nH]1)CC2. The molecule has 1 aliphatic heterocycles. The van der Waals surface area contributed by atoms with Crippen LogP contribution in [0.2, 0.25) is 0 Å². The number of halogens is 3. The molecular formula is C19H17F3N4O. The molecule has 8 heteroatoms. The monoisotopic (exact) mass is 374 g/mol. The third-order valence-corrected chi connectivity index (χ3v) is 4.69. The maximum atomic E-state index is 12.7. The Morgan fingerprint density at radius 2 is 1.93 bits per heavy atom. The van der Waals surface area contributed by atoms with Crippen molar-refractivity contribution in [2.24, 2.45) is 0 Å². The number of hydrogen-bond acceptors (Lipinski definition) is 3. The minimum absolute atomic E-state index is 0.244. The van der Waals surface area contributed by atoms with Crippen LogP contribution in [0, 0.1) is 0 Å². The average Bonchev–Trinajstić information content (AvgIpc) is 3.14. The lowest BCUT2D eigenvalue weighted by Gasteiger charge is -2.27. The van der Waals surface area contributed by atoms with E-state index < -0.39 is 11.7 Å². The van der Waals surface area contributed by atoms with E-state index in [2.05, 4.69) is 19.9 Å². The van der Waals surface area contributed by atoms with E-state index in [1.165, 1.54) is 12.1 Å². The van der Waals surface area contributed by atoms with Crippen molar-refractivity contribution < 1.29 is 13.2 Å². The van der Waals surface area contributed by atoms with Gasteiger partial charge in [0, 0.05) is 43.5 Å². The molecular weight excluding hydrogens is 357 g/mol. The third-order valence-electron chi connectivity index (χ3n) is 4.69. The number of nitrogens with zero attached hydrogens (tertiary/aromatic N) is 2. The summed E-state index contributed by atoms with van der Waals surface area (Å²) in [7, 11) is 0. The molecule has 0 spiro atoms. The first-order valence-corrected chi connectivity index (χ1v) is 8.54. The Labute approximate surface area is 152 Å². The Morgan fingerprint density at radius 3 is 2.59 bits per heavy atom. The van der Waals surface area contributed by atoms with Crippen molar-refractivity contribution in [2.75, 3.05) is 6.54 Å². The third kappa shape index (κ3) is 3.66. The number of benzene rings is 1. The zero-order chi connectivity index (χ0) is 19.0. The fourth-order valence-corrected chi connectivity index (χ4v) is 3.28. The molecule has 0 saturated heterocycles. The van der Waals surface area contributed by atoms with Crippen molar-refractivity contribution in [3.63, 3.8) is 0 Å². The molecule has 1 aromatic carbocycles. The first-order valence-electron chi connectivity index (χ1n) is 8.54. The minimum atomic E-state index is -4.39. The molecule has 0 radical (unpaired) electrons. The van der Waals surface area contributed by atoms with Crippen molar-refractivity contribution in [1.82, 2.24) is 19.9 Å². The van der Waals surface area contributed by atoms with Gasteiger partial charge in [0.1, 0.15) is 5.82 Å². The highest BCUT2D eigenvalue weighted by Crippen LogP contribution is 2.30. The van der Waals surface area contributed by atoms with Gasteiger partial charge in [0.2, 0.25) is 0 Å². The number of rotatable bonds is 3. The fourth-order valence-electron chi connectivity index (χ4n) is 3.28. The first kappa shape index (κ1) is 17.5. The molecule has 140 valence electrons. The largest absolute Gasteiger partial charge is 0.416 e. The van der Waals surface area contributed by atoms with Gasteiger partial charge < -0.3 is 9.97 Å². The lowest BCUT2D eigenvalue weighted by molar-refractivity contribution is -0.137. The number of fused-ring (bicyclic) bond motifs is 1. The van der Waals surface area contributed by atoms with Crippen LogP contribution in [0.1, 0.15) is 22.5 Å². The van der Waals surface area contributed by atoms with Crippen LogP contribution in [-0.4, -0.2) is 26.4 Å². The molecule has 0 unspecified atom stereocenters. The second-order valence-electron chi connectivity index (χ2n) is 6.57. The van der Waals surface area contributed by atoms with Gasteiger partial charge in [-0.15, -0.1) is 0 Å². The van der Waals surface area contributed by atoms with Gasteiger partial charge in [-0.3, -0.25) is 9.69 Å². The van der Waals surface area contributed by atoms with E-state index in [-0.39, 0.29) is 5.56 Å². The van der Waals surface area contributed by atoms with E-state index in [4.69, 9.17) is 0 Å². The maximum Gasteiger partial charge on any atom is 0.416 e. The number of nitrogens with one attached hydrogen (secondary N) is 2. The topological polar surface area (TPSA) is 64.8 Å². The van der Waals surface area contributed by atoms with Gasteiger partial charge in [-0.1, -0.05) is 12.1 Å². The first-order chi connectivity index (χ1) is 12.9. The zero-order valence-electron chi connectivity index (χ0n) is 14.3. The number of hydrogen-bond donors (Lipinski definition) is 2. The lowest BCUT2D eigenvalue weighted by atomic mass is 10.1. The maximum absolute atomic E-state index is 12.7. The Morgan fingerprint density at radius 1 is 1.15 bits per heavy atom. The van der Waals surface area contributed by atoms with Crippen LogP contribution in [0.4, 0.5) is 13.2 Å². The van der Waals surface area contributed by atoms with Crippen LogP contribution in [-0.2, 0) is 25.7 Å². The van der Waals surface area contributed by atoms with Gasteiger partial charge in [0.05, 0.1) is 16.8 Å². The van der Waals surface area contributed by atoms with Gasteiger partial charge in [-0.05, 0) is 24.3 Å². The van der Waals surface area contributed by atoms with Crippen LogP contribution < -0.4 is 5.56 Å². The summed E-state index contributed by atoms with van der Waals surface area (Å²) in [6, 6.07) is 8.56. The standard InChI is InChI=1S/C19H17F3N4O/c20-19(21,22)13-5-3-12(4-6-13)17-24-16-7-9-26(10-14-2-1-8-23-14)11-15(16)18(27)25-17/h1-6,8,23H,7,9-11H2,(H,24,25,27). The van der Waals surface area contributed by atoms with Gasteiger partial charge >= 0.3 is 6.18 Å². The highest BCUT2D eigenvalue weighted by atomic mass is 19.4. The summed E-state index contributed by atoms with van der Waals surface area (Å²) >= 11 is 0. The smallest absolute Gasteiger partial charge is 0.364 e. The Bertz CT molecular complexity index is 991. The van der Waals surface area contributed by atoms with Crippen molar-refractivity contribution in [2.45, 2.75) is 25.7 Å². The van der Waals surface area contributed by atoms with E-state index in [9.17, 15) is 18.0 Å². The molecule has 0 amide bonds. The number of alkyl halides is 3. The predicted molar refractivity (Wildman–Crippen MR) is 93.9 cm³/mol. The van der Waals surface area contributed by atoms with Crippen molar-refractivity contribution in [3.8, 4) is 11.4 Å². The van der Waals surface area contributed by atoms with Crippen molar-refractivity contribution in [1.29, 1.82) is 0 Å². The van der Waals surface area contributed by atoms with E-state index in [0.29, 0.717) is 42.2 Å². The predicted octanol–water partition coefficient (Wildman–Crippen LogP) is 3.34. The molecule has 0 aliphatic carbocycles. The van der Waals surface area contributed by atoms with Gasteiger partial charge in [-0.2, -0.15) is 13.2 Å². The summed E-state index contributed by atoms with van der Waals surface area (Å²) < 4.78 is 38.1. The molecule has 0 atom stereocenters. The molecule has 2 N–H and O–H groups in total. The minimum Gasteiger partial charge on any atom is -0.364 e. The molecule has 0 bridgehead atoms. The Balaban J connectivity index is 1.58. The van der Waals surface area contributed by atoms with Crippen LogP contribution >= 0.6 is 0 Å². The van der Waals surface area contributed by atoms with Crippen LogP contribution in [0.25, 0.3) is 11.4 Å². The average molecular weight is 374 g/mol. The van der Waals surface area contributed by atoms with E-state index in [1.54, 1.807) is 0 Å².